The average Bonchev–Trinajstić information content (AvgIpc) is 2.37. The molecule has 0 aliphatic rings. The van der Waals surface area contributed by atoms with Gasteiger partial charge in [-0.3, -0.25) is 4.79 Å². The van der Waals surface area contributed by atoms with E-state index < -0.39 is 0 Å². The predicted molar refractivity (Wildman–Crippen MR) is 74.9 cm³/mol. The van der Waals surface area contributed by atoms with Crippen molar-refractivity contribution in [2.75, 3.05) is 5.73 Å². The van der Waals surface area contributed by atoms with Gasteiger partial charge in [-0.25, -0.2) is 0 Å². The molecule has 98 valence electrons. The first kappa shape index (κ1) is 13.0. The lowest BCUT2D eigenvalue weighted by atomic mass is 10.1. The Kier molecular flexibility index (Phi) is 3.71. The molecule has 0 aliphatic carbocycles. The lowest BCUT2D eigenvalue weighted by Crippen LogP contribution is -2.23. The molecule has 2 rings (SSSR count). The van der Waals surface area contributed by atoms with Gasteiger partial charge in [0.15, 0.2) is 0 Å². The maximum absolute atomic E-state index is 12.0. The van der Waals surface area contributed by atoms with E-state index in [1.165, 1.54) is 6.07 Å². The second-order valence-electron chi connectivity index (χ2n) is 4.42. The van der Waals surface area contributed by atoms with Gasteiger partial charge in [-0.05, 0) is 48.4 Å². The summed E-state index contributed by atoms with van der Waals surface area (Å²) in [7, 11) is 0. The van der Waals surface area contributed by atoms with Crippen LogP contribution in [0.5, 0.6) is 5.75 Å². The summed E-state index contributed by atoms with van der Waals surface area (Å²) in [5.41, 5.74) is 8.59. The van der Waals surface area contributed by atoms with Crippen LogP contribution in [-0.4, -0.2) is 11.0 Å². The molecule has 0 saturated heterocycles. The Morgan fingerprint density at radius 2 is 1.89 bits per heavy atom. The topological polar surface area (TPSA) is 75.3 Å². The van der Waals surface area contributed by atoms with Gasteiger partial charge in [-0.15, -0.1) is 0 Å². The summed E-state index contributed by atoms with van der Waals surface area (Å²) < 4.78 is 0. The van der Waals surface area contributed by atoms with Crippen molar-refractivity contribution >= 4 is 11.6 Å². The number of phenolic OH excluding ortho intramolecular Hbond substituents is 1. The Bertz CT molecular complexity index is 592. The number of rotatable bonds is 3. The van der Waals surface area contributed by atoms with E-state index >= 15 is 0 Å². The maximum Gasteiger partial charge on any atom is 0.251 e. The average molecular weight is 256 g/mol. The summed E-state index contributed by atoms with van der Waals surface area (Å²) in [6, 6.07) is 12.0. The van der Waals surface area contributed by atoms with Gasteiger partial charge < -0.3 is 16.2 Å². The van der Waals surface area contributed by atoms with E-state index in [0.717, 1.165) is 11.1 Å². The molecule has 0 aromatic heterocycles. The zero-order chi connectivity index (χ0) is 13.8. The van der Waals surface area contributed by atoms with E-state index in [1.54, 1.807) is 31.2 Å². The molecule has 4 N–H and O–H groups in total. The minimum absolute atomic E-state index is 0.158. The van der Waals surface area contributed by atoms with Crippen molar-refractivity contribution in [1.82, 2.24) is 5.32 Å². The minimum Gasteiger partial charge on any atom is -0.508 e. The molecule has 0 spiro atoms. The first-order valence-corrected chi connectivity index (χ1v) is 5.98. The van der Waals surface area contributed by atoms with E-state index in [0.29, 0.717) is 17.8 Å². The van der Waals surface area contributed by atoms with Gasteiger partial charge in [-0.2, -0.15) is 0 Å². The number of nitrogens with two attached hydrogens (primary N) is 1. The first-order valence-electron chi connectivity index (χ1n) is 5.98. The Morgan fingerprint density at radius 1 is 1.21 bits per heavy atom. The number of aromatic hydroxyl groups is 1. The second kappa shape index (κ2) is 5.44. The van der Waals surface area contributed by atoms with Crippen molar-refractivity contribution in [3.63, 3.8) is 0 Å². The van der Waals surface area contributed by atoms with Gasteiger partial charge in [0.2, 0.25) is 0 Å². The minimum atomic E-state index is -0.158. The van der Waals surface area contributed by atoms with Crippen molar-refractivity contribution in [2.45, 2.75) is 13.5 Å². The summed E-state index contributed by atoms with van der Waals surface area (Å²) in [5.74, 6) is 0.00177. The Hall–Kier alpha value is -2.49. The third kappa shape index (κ3) is 3.25. The number of carbonyl (C=O) groups is 1. The number of benzene rings is 2. The van der Waals surface area contributed by atoms with Gasteiger partial charge in [0.25, 0.3) is 5.91 Å². The smallest absolute Gasteiger partial charge is 0.251 e. The fourth-order valence-corrected chi connectivity index (χ4v) is 1.82. The molecule has 0 atom stereocenters. The highest BCUT2D eigenvalue weighted by Crippen LogP contribution is 2.15. The molecular weight excluding hydrogens is 240 g/mol. The quantitative estimate of drug-likeness (QED) is 0.737. The third-order valence-electron chi connectivity index (χ3n) is 2.89. The molecule has 0 saturated carbocycles. The van der Waals surface area contributed by atoms with Crippen LogP contribution in [0.4, 0.5) is 5.69 Å². The fourth-order valence-electron chi connectivity index (χ4n) is 1.82. The largest absolute Gasteiger partial charge is 0.508 e. The summed E-state index contributed by atoms with van der Waals surface area (Å²) in [4.78, 5) is 12.0. The van der Waals surface area contributed by atoms with E-state index in [1.807, 2.05) is 12.1 Å². The predicted octanol–water partition coefficient (Wildman–Crippen LogP) is 2.21. The van der Waals surface area contributed by atoms with Gasteiger partial charge in [0.1, 0.15) is 5.75 Å². The molecule has 2 aromatic carbocycles. The van der Waals surface area contributed by atoms with Crippen LogP contribution in [0.3, 0.4) is 0 Å². The maximum atomic E-state index is 12.0. The van der Waals surface area contributed by atoms with Crippen LogP contribution in [0.15, 0.2) is 42.5 Å². The van der Waals surface area contributed by atoms with Gasteiger partial charge >= 0.3 is 0 Å². The summed E-state index contributed by atoms with van der Waals surface area (Å²) in [6.07, 6.45) is 0. The summed E-state index contributed by atoms with van der Waals surface area (Å²) in [5, 5.41) is 12.1. The molecule has 4 nitrogen and oxygen atoms in total. The van der Waals surface area contributed by atoms with E-state index in [4.69, 9.17) is 5.73 Å². The molecule has 0 radical (unpaired) electrons. The van der Waals surface area contributed by atoms with Crippen LogP contribution >= 0.6 is 0 Å². The zero-order valence-corrected chi connectivity index (χ0v) is 10.7. The van der Waals surface area contributed by atoms with Crippen LogP contribution < -0.4 is 11.1 Å². The zero-order valence-electron chi connectivity index (χ0n) is 10.7. The Morgan fingerprint density at radius 3 is 2.53 bits per heavy atom. The standard InChI is InChI=1S/C15H16N2O2/c1-10-8-13(18)6-7-14(10)15(19)17-9-11-2-4-12(16)5-3-11/h2-8,18H,9,16H2,1H3,(H,17,19). The number of hydrogen-bond acceptors (Lipinski definition) is 3. The molecule has 0 aliphatic heterocycles. The van der Waals surface area contributed by atoms with E-state index in [2.05, 4.69) is 5.32 Å². The summed E-state index contributed by atoms with van der Waals surface area (Å²) >= 11 is 0. The molecule has 0 unspecified atom stereocenters. The lowest BCUT2D eigenvalue weighted by Gasteiger charge is -2.08. The number of nitrogen functional groups attached to an aromatic ring is 1. The highest BCUT2D eigenvalue weighted by molar-refractivity contribution is 5.95. The van der Waals surface area contributed by atoms with E-state index in [9.17, 15) is 9.90 Å². The van der Waals surface area contributed by atoms with Crippen LogP contribution in [0.1, 0.15) is 21.5 Å². The molecule has 0 fully saturated rings. The van der Waals surface area contributed by atoms with Crippen molar-refractivity contribution in [3.05, 3.63) is 59.2 Å². The first-order chi connectivity index (χ1) is 9.06. The van der Waals surface area contributed by atoms with Gasteiger partial charge in [0.05, 0.1) is 0 Å². The number of carbonyl (C=O) groups excluding carboxylic acids is 1. The number of aryl methyl sites for hydroxylation is 1. The monoisotopic (exact) mass is 256 g/mol. The summed E-state index contributed by atoms with van der Waals surface area (Å²) in [6.45, 7) is 2.23. The fraction of sp³-hybridized carbons (Fsp3) is 0.133. The SMILES string of the molecule is Cc1cc(O)ccc1C(=O)NCc1ccc(N)cc1. The van der Waals surface area contributed by atoms with Crippen LogP contribution in [0.2, 0.25) is 0 Å². The van der Waals surface area contributed by atoms with Gasteiger partial charge in [0, 0.05) is 17.8 Å². The highest BCUT2D eigenvalue weighted by Gasteiger charge is 2.08. The van der Waals surface area contributed by atoms with Crippen molar-refractivity contribution in [2.24, 2.45) is 0 Å². The molecule has 1 amide bonds. The number of amides is 1. The third-order valence-corrected chi connectivity index (χ3v) is 2.89. The number of hydrogen-bond donors (Lipinski definition) is 3. The Balaban J connectivity index is 2.03. The molecule has 0 heterocycles. The van der Waals surface area contributed by atoms with Crippen LogP contribution in [0, 0.1) is 6.92 Å². The normalized spacial score (nSPS) is 10.2. The molecule has 0 bridgehead atoms. The van der Waals surface area contributed by atoms with E-state index in [-0.39, 0.29) is 11.7 Å². The Labute approximate surface area is 111 Å². The van der Waals surface area contributed by atoms with Crippen molar-refractivity contribution in [1.29, 1.82) is 0 Å². The molecular formula is C15H16N2O2. The van der Waals surface area contributed by atoms with Crippen LogP contribution in [-0.2, 0) is 6.54 Å². The van der Waals surface area contributed by atoms with Crippen molar-refractivity contribution in [3.8, 4) is 5.75 Å². The molecule has 2 aromatic rings. The number of anilines is 1. The van der Waals surface area contributed by atoms with Crippen molar-refractivity contribution < 1.29 is 9.90 Å². The lowest BCUT2D eigenvalue weighted by molar-refractivity contribution is 0.0950. The molecule has 4 heteroatoms. The van der Waals surface area contributed by atoms with Gasteiger partial charge in [-0.1, -0.05) is 12.1 Å². The molecule has 19 heavy (non-hydrogen) atoms. The van der Waals surface area contributed by atoms with Crippen LogP contribution in [0.25, 0.3) is 0 Å². The number of phenols is 1. The number of nitrogens with one attached hydrogen (secondary N) is 1. The second-order valence-corrected chi connectivity index (χ2v) is 4.42. The highest BCUT2D eigenvalue weighted by atomic mass is 16.3.